The predicted octanol–water partition coefficient (Wildman–Crippen LogP) is 2.65. The van der Waals surface area contributed by atoms with Gasteiger partial charge in [-0.15, -0.1) is 0 Å². The average Bonchev–Trinajstić information content (AvgIpc) is 2.91. The van der Waals surface area contributed by atoms with E-state index in [0.29, 0.717) is 6.29 Å². The summed E-state index contributed by atoms with van der Waals surface area (Å²) in [5, 5.41) is -0.395. The first kappa shape index (κ1) is 33.1. The third-order valence-electron chi connectivity index (χ3n) is 5.86. The number of hydrogen-bond donors (Lipinski definition) is 0. The van der Waals surface area contributed by atoms with Gasteiger partial charge in [0.25, 0.3) is 0 Å². The highest BCUT2D eigenvalue weighted by atomic mass is 31.2. The van der Waals surface area contributed by atoms with Gasteiger partial charge in [-0.2, -0.15) is 0 Å². The van der Waals surface area contributed by atoms with Crippen LogP contribution in [0.15, 0.2) is 18.2 Å². The van der Waals surface area contributed by atoms with E-state index < -0.39 is 54.2 Å². The molecule has 0 heterocycles. The van der Waals surface area contributed by atoms with E-state index in [1.807, 2.05) is 0 Å². The summed E-state index contributed by atoms with van der Waals surface area (Å²) >= 11 is 0. The van der Waals surface area contributed by atoms with E-state index in [1.165, 1.54) is 46.3 Å². The highest BCUT2D eigenvalue weighted by Gasteiger charge is 2.44. The Morgan fingerprint density at radius 2 is 1.58 bits per heavy atom. The van der Waals surface area contributed by atoms with Crippen LogP contribution in [0.3, 0.4) is 0 Å². The molecule has 0 bridgehead atoms. The van der Waals surface area contributed by atoms with Crippen molar-refractivity contribution in [2.45, 2.75) is 52.2 Å². The Labute approximate surface area is 221 Å². The normalized spacial score (nSPS) is 14.5. The number of methoxy groups -OCH3 is 3. The number of hydrogen-bond acceptors (Lipinski definition) is 12. The minimum absolute atomic E-state index is 0.103. The minimum atomic E-state index is -4.32. The van der Waals surface area contributed by atoms with Gasteiger partial charge >= 0.3 is 25.5 Å². The Morgan fingerprint density at radius 1 is 1.00 bits per heavy atom. The second kappa shape index (κ2) is 14.9. The van der Waals surface area contributed by atoms with Gasteiger partial charge in [-0.25, -0.2) is 9.59 Å². The zero-order valence-corrected chi connectivity index (χ0v) is 23.5. The van der Waals surface area contributed by atoms with Crippen LogP contribution in [0, 0.1) is 5.92 Å². The Balaban J connectivity index is 3.71. The van der Waals surface area contributed by atoms with Gasteiger partial charge in [0.2, 0.25) is 0 Å². The molecule has 0 fully saturated rings. The van der Waals surface area contributed by atoms with Crippen LogP contribution in [0.1, 0.15) is 61.3 Å². The van der Waals surface area contributed by atoms with Crippen molar-refractivity contribution in [1.82, 2.24) is 0 Å². The molecule has 0 radical (unpaired) electrons. The quantitative estimate of drug-likeness (QED) is 0.0730. The fourth-order valence-corrected chi connectivity index (χ4v) is 5.45. The van der Waals surface area contributed by atoms with Crippen molar-refractivity contribution in [3.05, 3.63) is 29.3 Å². The van der Waals surface area contributed by atoms with Gasteiger partial charge in [0, 0.05) is 19.1 Å². The number of rotatable bonds is 16. The first-order chi connectivity index (χ1) is 17.9. The fraction of sp³-hybridized carbons (Fsp3) is 0.560. The van der Waals surface area contributed by atoms with E-state index in [2.05, 4.69) is 4.74 Å². The van der Waals surface area contributed by atoms with E-state index in [0.717, 1.165) is 7.11 Å². The van der Waals surface area contributed by atoms with Gasteiger partial charge in [0.15, 0.2) is 11.4 Å². The van der Waals surface area contributed by atoms with Gasteiger partial charge in [0.05, 0.1) is 44.2 Å². The third kappa shape index (κ3) is 7.57. The van der Waals surface area contributed by atoms with Crippen molar-refractivity contribution in [3.63, 3.8) is 0 Å². The molecule has 0 amide bonds. The first-order valence-corrected chi connectivity index (χ1v) is 13.4. The summed E-state index contributed by atoms with van der Waals surface area (Å²) in [6.07, 6.45) is -1.24. The fourth-order valence-electron chi connectivity index (χ4n) is 3.50. The molecule has 38 heavy (non-hydrogen) atoms. The summed E-state index contributed by atoms with van der Waals surface area (Å²) < 4.78 is 44.8. The van der Waals surface area contributed by atoms with Crippen LogP contribution in [0.5, 0.6) is 0 Å². The molecule has 1 aromatic rings. The standard InChI is InChI=1S/C25H35O12P/c1-8-35-38(31,36-9-2)22-18(21(28)17(15-26)13-14-20(27)32-5)11-10-12-19(22)23(29)37-16(3)25(4,34-7)24(30)33-6/h10-12,15-17H,8-9,13-14H2,1-7H3. The summed E-state index contributed by atoms with van der Waals surface area (Å²) in [5.74, 6) is -4.62. The zero-order valence-electron chi connectivity index (χ0n) is 22.6. The number of esters is 3. The molecule has 0 spiro atoms. The Morgan fingerprint density at radius 3 is 2.05 bits per heavy atom. The lowest BCUT2D eigenvalue weighted by atomic mass is 9.93. The number of benzene rings is 1. The van der Waals surface area contributed by atoms with E-state index in [9.17, 15) is 28.5 Å². The van der Waals surface area contributed by atoms with Crippen LogP contribution in [0.2, 0.25) is 0 Å². The molecule has 0 aliphatic rings. The number of carbonyl (C=O) groups is 5. The first-order valence-electron chi connectivity index (χ1n) is 11.8. The molecular weight excluding hydrogens is 523 g/mol. The maximum atomic E-state index is 13.9. The van der Waals surface area contributed by atoms with Crippen molar-refractivity contribution >= 4 is 42.9 Å². The summed E-state index contributed by atoms with van der Waals surface area (Å²) in [7, 11) is -0.768. The van der Waals surface area contributed by atoms with E-state index in [1.54, 1.807) is 13.8 Å². The highest BCUT2D eigenvalue weighted by molar-refractivity contribution is 7.62. The Kier molecular flexibility index (Phi) is 13.0. The molecule has 3 unspecified atom stereocenters. The molecule has 0 saturated carbocycles. The second-order valence-corrected chi connectivity index (χ2v) is 10.1. The lowest BCUT2D eigenvalue weighted by Crippen LogP contribution is -2.50. The van der Waals surface area contributed by atoms with Gasteiger partial charge in [0.1, 0.15) is 12.4 Å². The lowest BCUT2D eigenvalue weighted by Gasteiger charge is -2.31. The molecule has 0 N–H and O–H groups in total. The third-order valence-corrected chi connectivity index (χ3v) is 8.08. The largest absolute Gasteiger partial charge is 0.469 e. The number of ketones is 1. The Bertz CT molecular complexity index is 1060. The number of carbonyl (C=O) groups excluding carboxylic acids is 5. The van der Waals surface area contributed by atoms with Crippen molar-refractivity contribution in [2.75, 3.05) is 34.5 Å². The van der Waals surface area contributed by atoms with Gasteiger partial charge in [-0.3, -0.25) is 14.2 Å². The molecule has 12 nitrogen and oxygen atoms in total. The topological polar surface area (TPSA) is 158 Å². The summed E-state index contributed by atoms with van der Waals surface area (Å²) in [6.45, 7) is 5.64. The van der Waals surface area contributed by atoms with Gasteiger partial charge in [-0.1, -0.05) is 12.1 Å². The van der Waals surface area contributed by atoms with Crippen LogP contribution >= 0.6 is 7.60 Å². The maximum Gasteiger partial charge on any atom is 0.362 e. The highest BCUT2D eigenvalue weighted by Crippen LogP contribution is 2.49. The van der Waals surface area contributed by atoms with Crippen molar-refractivity contribution < 1.29 is 56.5 Å². The van der Waals surface area contributed by atoms with Crippen LogP contribution < -0.4 is 5.30 Å². The van der Waals surface area contributed by atoms with Crippen LogP contribution in [0.25, 0.3) is 0 Å². The molecule has 0 aliphatic carbocycles. The predicted molar refractivity (Wildman–Crippen MR) is 134 cm³/mol. The van der Waals surface area contributed by atoms with Gasteiger partial charge in [-0.05, 0) is 40.2 Å². The number of Topliss-reactive ketones (excluding diaryl/α,β-unsaturated/α-hetero) is 1. The minimum Gasteiger partial charge on any atom is -0.469 e. The van der Waals surface area contributed by atoms with Crippen LogP contribution in [-0.2, 0) is 46.9 Å². The van der Waals surface area contributed by atoms with E-state index in [-0.39, 0.29) is 37.2 Å². The van der Waals surface area contributed by atoms with E-state index in [4.69, 9.17) is 23.3 Å². The Hall–Kier alpha value is -2.92. The maximum absolute atomic E-state index is 13.9. The summed E-state index contributed by atoms with van der Waals surface area (Å²) in [6, 6.07) is 3.85. The van der Waals surface area contributed by atoms with Crippen LogP contribution in [-0.4, -0.2) is 76.2 Å². The summed E-state index contributed by atoms with van der Waals surface area (Å²) in [5.41, 5.74) is -2.30. The smallest absolute Gasteiger partial charge is 0.362 e. The van der Waals surface area contributed by atoms with E-state index >= 15 is 0 Å². The molecular formula is C25H35O12P. The van der Waals surface area contributed by atoms with Crippen molar-refractivity contribution in [3.8, 4) is 0 Å². The molecule has 212 valence electrons. The average molecular weight is 559 g/mol. The second-order valence-electron chi connectivity index (χ2n) is 8.11. The monoisotopic (exact) mass is 558 g/mol. The molecule has 3 atom stereocenters. The molecule has 0 saturated heterocycles. The number of ether oxygens (including phenoxy) is 4. The molecule has 0 aliphatic heterocycles. The van der Waals surface area contributed by atoms with Crippen molar-refractivity contribution in [1.29, 1.82) is 0 Å². The molecule has 1 rings (SSSR count). The molecule has 0 aromatic heterocycles. The SMILES string of the molecule is CCOP(=O)(OCC)c1c(C(=O)OC(C)C(C)(OC)C(=O)OC)cccc1C(=O)C(C=O)CCC(=O)OC. The lowest BCUT2D eigenvalue weighted by molar-refractivity contribution is -0.176. The van der Waals surface area contributed by atoms with Crippen LogP contribution in [0.4, 0.5) is 0 Å². The number of aldehydes is 1. The zero-order chi connectivity index (χ0) is 29.1. The molecule has 1 aromatic carbocycles. The van der Waals surface area contributed by atoms with Crippen molar-refractivity contribution in [2.24, 2.45) is 5.92 Å². The molecule has 13 heteroatoms. The summed E-state index contributed by atoms with van der Waals surface area (Å²) in [4.78, 5) is 62.4. The van der Waals surface area contributed by atoms with Gasteiger partial charge < -0.3 is 32.8 Å².